The number of amides is 2. The first-order valence-electron chi connectivity index (χ1n) is 16.9. The third-order valence-corrected chi connectivity index (χ3v) is 8.32. The number of hydrogen-bond donors (Lipinski definition) is 1. The van der Waals surface area contributed by atoms with Crippen molar-refractivity contribution >= 4 is 29.4 Å². The standard InChI is InChI=1S/C42H37F3N2O7/c1-47(2)40(50)34-25-27(18-23-36(34)46-39(49)38-33(29-12-5-4-6-13-29)15-9-16-35(38)42(43,44)45)10-8-17-37(48)54-31-21-19-30(20-22-31)41(51)53-26-28-11-7-14-32(24-28)52-3/h4-7,9,11-16,18-25H,8,10,17,26H2,1-3H3,(H,46,49). The minimum absolute atomic E-state index is 0.0241. The van der Waals surface area contributed by atoms with E-state index < -0.39 is 41.1 Å². The molecule has 5 aromatic carbocycles. The maximum Gasteiger partial charge on any atom is 0.417 e. The predicted octanol–water partition coefficient (Wildman–Crippen LogP) is 8.62. The summed E-state index contributed by atoms with van der Waals surface area (Å²) in [5.74, 6) is -1.68. The van der Waals surface area contributed by atoms with Crippen LogP contribution >= 0.6 is 0 Å². The molecule has 0 unspecified atom stereocenters. The van der Waals surface area contributed by atoms with E-state index in [1.807, 2.05) is 6.07 Å². The van der Waals surface area contributed by atoms with Gasteiger partial charge in [-0.15, -0.1) is 0 Å². The maximum atomic E-state index is 14.2. The topological polar surface area (TPSA) is 111 Å². The van der Waals surface area contributed by atoms with Crippen molar-refractivity contribution in [1.82, 2.24) is 4.90 Å². The second kappa shape index (κ2) is 17.4. The lowest BCUT2D eigenvalue weighted by Crippen LogP contribution is -2.25. The molecular weight excluding hydrogens is 701 g/mol. The van der Waals surface area contributed by atoms with Crippen LogP contribution in [0.5, 0.6) is 11.5 Å². The zero-order valence-electron chi connectivity index (χ0n) is 29.7. The number of nitrogens with one attached hydrogen (secondary N) is 1. The van der Waals surface area contributed by atoms with E-state index >= 15 is 0 Å². The number of methoxy groups -OCH3 is 1. The Labute approximate surface area is 310 Å². The van der Waals surface area contributed by atoms with Gasteiger partial charge in [-0.1, -0.05) is 60.7 Å². The Bertz CT molecular complexity index is 2130. The number of carbonyl (C=O) groups is 4. The highest BCUT2D eigenvalue weighted by Crippen LogP contribution is 2.37. The van der Waals surface area contributed by atoms with Crippen LogP contribution in [0.2, 0.25) is 0 Å². The van der Waals surface area contributed by atoms with E-state index in [1.165, 1.54) is 61.5 Å². The number of benzene rings is 5. The molecule has 0 atom stereocenters. The second-order valence-corrected chi connectivity index (χ2v) is 12.4. The summed E-state index contributed by atoms with van der Waals surface area (Å²) in [7, 11) is 4.58. The summed E-state index contributed by atoms with van der Waals surface area (Å²) in [4.78, 5) is 53.3. The first-order valence-corrected chi connectivity index (χ1v) is 16.9. The monoisotopic (exact) mass is 738 g/mol. The average molecular weight is 739 g/mol. The van der Waals surface area contributed by atoms with Crippen LogP contribution in [0.1, 0.15) is 60.6 Å². The fraction of sp³-hybridized carbons (Fsp3) is 0.190. The fourth-order valence-corrected chi connectivity index (χ4v) is 5.62. The van der Waals surface area contributed by atoms with Crippen molar-refractivity contribution in [2.45, 2.75) is 32.0 Å². The van der Waals surface area contributed by atoms with E-state index in [4.69, 9.17) is 14.2 Å². The molecular formula is C42H37F3N2O7. The Morgan fingerprint density at radius 1 is 0.759 bits per heavy atom. The van der Waals surface area contributed by atoms with E-state index in [1.54, 1.807) is 67.8 Å². The molecule has 0 aliphatic heterocycles. The van der Waals surface area contributed by atoms with Crippen molar-refractivity contribution in [3.63, 3.8) is 0 Å². The van der Waals surface area contributed by atoms with Crippen molar-refractivity contribution in [2.24, 2.45) is 0 Å². The molecule has 0 aliphatic carbocycles. The Hall–Kier alpha value is -6.43. The van der Waals surface area contributed by atoms with Crippen LogP contribution in [0.4, 0.5) is 18.9 Å². The second-order valence-electron chi connectivity index (χ2n) is 12.4. The highest BCUT2D eigenvalue weighted by Gasteiger charge is 2.37. The van der Waals surface area contributed by atoms with Crippen LogP contribution in [-0.2, 0) is 28.7 Å². The molecule has 278 valence electrons. The van der Waals surface area contributed by atoms with Gasteiger partial charge >= 0.3 is 18.1 Å². The van der Waals surface area contributed by atoms with Gasteiger partial charge in [-0.3, -0.25) is 14.4 Å². The smallest absolute Gasteiger partial charge is 0.417 e. The molecule has 0 aliphatic rings. The van der Waals surface area contributed by atoms with Gasteiger partial charge in [0.15, 0.2) is 0 Å². The lowest BCUT2D eigenvalue weighted by Gasteiger charge is -2.19. The molecule has 5 rings (SSSR count). The lowest BCUT2D eigenvalue weighted by atomic mass is 9.94. The first-order chi connectivity index (χ1) is 25.8. The van der Waals surface area contributed by atoms with Gasteiger partial charge in [-0.2, -0.15) is 13.2 Å². The Kier molecular flexibility index (Phi) is 12.5. The number of esters is 2. The van der Waals surface area contributed by atoms with E-state index in [0.717, 1.165) is 11.6 Å². The van der Waals surface area contributed by atoms with E-state index in [0.29, 0.717) is 29.7 Å². The van der Waals surface area contributed by atoms with Gasteiger partial charge in [0.2, 0.25) is 0 Å². The van der Waals surface area contributed by atoms with Gasteiger partial charge in [0, 0.05) is 20.5 Å². The van der Waals surface area contributed by atoms with E-state index in [2.05, 4.69) is 5.32 Å². The Morgan fingerprint density at radius 3 is 2.17 bits per heavy atom. The molecule has 5 aromatic rings. The molecule has 54 heavy (non-hydrogen) atoms. The molecule has 0 radical (unpaired) electrons. The molecule has 0 saturated carbocycles. The minimum atomic E-state index is -4.82. The maximum absolute atomic E-state index is 14.2. The first kappa shape index (κ1) is 38.8. The lowest BCUT2D eigenvalue weighted by molar-refractivity contribution is -0.138. The quantitative estimate of drug-likeness (QED) is 0.0952. The Morgan fingerprint density at radius 2 is 1.48 bits per heavy atom. The van der Waals surface area contributed by atoms with Crippen LogP contribution in [0.15, 0.2) is 115 Å². The van der Waals surface area contributed by atoms with Crippen molar-refractivity contribution in [3.05, 3.63) is 149 Å². The van der Waals surface area contributed by atoms with Crippen LogP contribution in [-0.4, -0.2) is 49.9 Å². The van der Waals surface area contributed by atoms with Gasteiger partial charge < -0.3 is 24.4 Å². The van der Waals surface area contributed by atoms with Gasteiger partial charge in [-0.05, 0) is 89.7 Å². The number of hydrogen-bond acceptors (Lipinski definition) is 7. The summed E-state index contributed by atoms with van der Waals surface area (Å²) in [5.41, 5.74) is 0.638. The summed E-state index contributed by atoms with van der Waals surface area (Å²) in [6.45, 7) is 0.0566. The van der Waals surface area contributed by atoms with E-state index in [-0.39, 0.29) is 41.2 Å². The normalized spacial score (nSPS) is 11.0. The van der Waals surface area contributed by atoms with Crippen molar-refractivity contribution in [3.8, 4) is 22.6 Å². The van der Waals surface area contributed by atoms with Crippen molar-refractivity contribution in [2.75, 3.05) is 26.5 Å². The molecule has 2 amide bonds. The molecule has 1 N–H and O–H groups in total. The Balaban J connectivity index is 1.22. The summed E-state index contributed by atoms with van der Waals surface area (Å²) in [6, 6.07) is 29.5. The molecule has 12 heteroatoms. The van der Waals surface area contributed by atoms with Crippen LogP contribution in [0, 0.1) is 0 Å². The molecule has 0 bridgehead atoms. The van der Waals surface area contributed by atoms with Crippen LogP contribution in [0.25, 0.3) is 11.1 Å². The SMILES string of the molecule is COc1cccc(COC(=O)c2ccc(OC(=O)CCCc3ccc(NC(=O)c4c(-c5ccccc5)cccc4C(F)(F)F)c(C(=O)N(C)C)c3)cc2)c1. The molecule has 9 nitrogen and oxygen atoms in total. The van der Waals surface area contributed by atoms with E-state index in [9.17, 15) is 32.3 Å². The predicted molar refractivity (Wildman–Crippen MR) is 196 cm³/mol. The molecule has 0 heterocycles. The number of aryl methyl sites for hydroxylation is 1. The molecule has 0 saturated heterocycles. The van der Waals surface area contributed by atoms with Crippen LogP contribution in [0.3, 0.4) is 0 Å². The summed E-state index contributed by atoms with van der Waals surface area (Å²) < 4.78 is 58.4. The van der Waals surface area contributed by atoms with Gasteiger partial charge in [0.05, 0.1) is 35.1 Å². The molecule has 0 aromatic heterocycles. The number of anilines is 1. The highest BCUT2D eigenvalue weighted by atomic mass is 19.4. The summed E-state index contributed by atoms with van der Waals surface area (Å²) in [6.07, 6.45) is -4.10. The van der Waals surface area contributed by atoms with Gasteiger partial charge in [0.25, 0.3) is 11.8 Å². The molecule has 0 spiro atoms. The number of carbonyl (C=O) groups excluding carboxylic acids is 4. The van der Waals surface area contributed by atoms with Crippen LogP contribution < -0.4 is 14.8 Å². The average Bonchev–Trinajstić information content (AvgIpc) is 3.17. The molecule has 0 fully saturated rings. The fourth-order valence-electron chi connectivity index (χ4n) is 5.62. The third-order valence-electron chi connectivity index (χ3n) is 8.32. The van der Waals surface area contributed by atoms with Crippen molar-refractivity contribution in [1.29, 1.82) is 0 Å². The summed E-state index contributed by atoms with van der Waals surface area (Å²) in [5, 5.41) is 2.55. The zero-order chi connectivity index (χ0) is 38.8. The number of rotatable bonds is 13. The summed E-state index contributed by atoms with van der Waals surface area (Å²) >= 11 is 0. The van der Waals surface area contributed by atoms with Crippen molar-refractivity contribution < 1.29 is 46.6 Å². The zero-order valence-corrected chi connectivity index (χ0v) is 29.7. The number of halogens is 3. The highest BCUT2D eigenvalue weighted by molar-refractivity contribution is 6.12. The minimum Gasteiger partial charge on any atom is -0.497 e. The largest absolute Gasteiger partial charge is 0.497 e. The number of alkyl halides is 3. The third kappa shape index (κ3) is 9.91. The van der Waals surface area contributed by atoms with Gasteiger partial charge in [-0.25, -0.2) is 4.79 Å². The number of nitrogens with zero attached hydrogens (tertiary/aromatic N) is 1. The number of ether oxygens (including phenoxy) is 3. The van der Waals surface area contributed by atoms with Gasteiger partial charge in [0.1, 0.15) is 18.1 Å².